The van der Waals surface area contributed by atoms with Crippen LogP contribution in [-0.4, -0.2) is 34.1 Å². The lowest BCUT2D eigenvalue weighted by Gasteiger charge is -2.24. The minimum absolute atomic E-state index is 0.218. The summed E-state index contributed by atoms with van der Waals surface area (Å²) in [6.07, 6.45) is 5.27. The monoisotopic (exact) mass is 293 g/mol. The molecule has 0 saturated heterocycles. The van der Waals surface area contributed by atoms with Gasteiger partial charge < -0.3 is 14.5 Å². The van der Waals surface area contributed by atoms with Gasteiger partial charge in [-0.3, -0.25) is 0 Å². The van der Waals surface area contributed by atoms with E-state index in [-0.39, 0.29) is 5.82 Å². The molecule has 0 amide bonds. The molecule has 1 heterocycles. The average Bonchev–Trinajstić information content (AvgIpc) is 3.04. The van der Waals surface area contributed by atoms with Crippen molar-refractivity contribution < 1.29 is 4.39 Å². The van der Waals surface area contributed by atoms with E-state index in [9.17, 15) is 4.39 Å². The fourth-order valence-electron chi connectivity index (χ4n) is 3.13. The van der Waals surface area contributed by atoms with Gasteiger partial charge in [0.2, 0.25) is 0 Å². The Hall–Kier alpha value is -1.20. The molecule has 1 aliphatic carbocycles. The number of aromatic nitrogens is 2. The highest BCUT2D eigenvalue weighted by atomic mass is 32.1. The zero-order chi connectivity index (χ0) is 14.1. The lowest BCUT2D eigenvalue weighted by molar-refractivity contribution is 0.237. The van der Waals surface area contributed by atoms with Crippen LogP contribution in [0.15, 0.2) is 18.2 Å². The second kappa shape index (κ2) is 5.66. The molecule has 0 radical (unpaired) electrons. The van der Waals surface area contributed by atoms with Gasteiger partial charge in [0, 0.05) is 19.1 Å². The predicted molar refractivity (Wildman–Crippen MR) is 82.0 cm³/mol. The van der Waals surface area contributed by atoms with Crippen molar-refractivity contribution in [1.29, 1.82) is 0 Å². The van der Waals surface area contributed by atoms with Crippen molar-refractivity contribution in [1.82, 2.24) is 14.5 Å². The van der Waals surface area contributed by atoms with E-state index in [2.05, 4.69) is 16.9 Å². The smallest absolute Gasteiger partial charge is 0.178 e. The number of halogens is 1. The maximum absolute atomic E-state index is 13.4. The molecular weight excluding hydrogens is 273 g/mol. The summed E-state index contributed by atoms with van der Waals surface area (Å²) in [5.74, 6) is -0.218. The summed E-state index contributed by atoms with van der Waals surface area (Å²) in [5, 5.41) is 0. The first-order valence-electron chi connectivity index (χ1n) is 7.23. The first-order valence-corrected chi connectivity index (χ1v) is 7.64. The van der Waals surface area contributed by atoms with E-state index >= 15 is 0 Å². The van der Waals surface area contributed by atoms with Gasteiger partial charge in [-0.1, -0.05) is 12.8 Å². The Morgan fingerprint density at radius 1 is 1.40 bits per heavy atom. The van der Waals surface area contributed by atoms with Gasteiger partial charge in [-0.25, -0.2) is 4.39 Å². The molecule has 0 atom stereocenters. The van der Waals surface area contributed by atoms with Crippen LogP contribution in [0.25, 0.3) is 11.0 Å². The van der Waals surface area contributed by atoms with Crippen LogP contribution in [0, 0.1) is 10.6 Å². The number of hydrogen-bond acceptors (Lipinski definition) is 2. The van der Waals surface area contributed by atoms with Crippen molar-refractivity contribution in [2.45, 2.75) is 38.3 Å². The van der Waals surface area contributed by atoms with Gasteiger partial charge in [0.05, 0.1) is 11.0 Å². The van der Waals surface area contributed by atoms with Crippen molar-refractivity contribution in [3.8, 4) is 0 Å². The molecule has 2 aromatic rings. The molecule has 108 valence electrons. The molecule has 1 aliphatic rings. The fraction of sp³-hybridized carbons (Fsp3) is 0.533. The molecule has 0 aliphatic heterocycles. The molecule has 1 fully saturated rings. The molecule has 3 rings (SSSR count). The van der Waals surface area contributed by atoms with Gasteiger partial charge >= 0.3 is 0 Å². The van der Waals surface area contributed by atoms with Crippen LogP contribution in [0.1, 0.15) is 25.7 Å². The number of benzene rings is 1. The first kappa shape index (κ1) is 13.8. The van der Waals surface area contributed by atoms with Gasteiger partial charge in [0.15, 0.2) is 4.77 Å². The van der Waals surface area contributed by atoms with E-state index in [0.717, 1.165) is 24.1 Å². The van der Waals surface area contributed by atoms with Gasteiger partial charge in [-0.15, -0.1) is 0 Å². The Balaban J connectivity index is 1.78. The zero-order valence-corrected chi connectivity index (χ0v) is 12.5. The van der Waals surface area contributed by atoms with Crippen molar-refractivity contribution in [3.05, 3.63) is 28.8 Å². The molecular formula is C15H20FN3S. The standard InChI is InChI=1S/C15H20FN3S/c1-18(12-4-2-3-5-12)8-9-19-14-10-11(16)6-7-13(14)17-15(19)20/h6-7,10,12H,2-5,8-9H2,1H3,(H,17,20). The van der Waals surface area contributed by atoms with E-state index in [1.165, 1.54) is 31.7 Å². The summed E-state index contributed by atoms with van der Waals surface area (Å²) in [7, 11) is 2.18. The summed E-state index contributed by atoms with van der Waals surface area (Å²) in [5.41, 5.74) is 1.76. The van der Waals surface area contributed by atoms with E-state index in [0.29, 0.717) is 10.8 Å². The third-order valence-corrected chi connectivity index (χ3v) is 4.68. The van der Waals surface area contributed by atoms with E-state index in [1.54, 1.807) is 12.1 Å². The number of hydrogen-bond donors (Lipinski definition) is 1. The molecule has 3 nitrogen and oxygen atoms in total. The molecule has 1 aromatic carbocycles. The maximum atomic E-state index is 13.4. The SMILES string of the molecule is CN(CCn1c(=S)[nH]c2ccc(F)cc21)C1CCCC1. The number of rotatable bonds is 4. The maximum Gasteiger partial charge on any atom is 0.178 e. The molecule has 5 heteroatoms. The van der Waals surface area contributed by atoms with Gasteiger partial charge in [0.1, 0.15) is 5.82 Å². The summed E-state index contributed by atoms with van der Waals surface area (Å²) in [6.45, 7) is 1.75. The van der Waals surface area contributed by atoms with Crippen LogP contribution in [0.2, 0.25) is 0 Å². The van der Waals surface area contributed by atoms with Gasteiger partial charge in [0.25, 0.3) is 0 Å². The van der Waals surface area contributed by atoms with Crippen molar-refractivity contribution in [2.75, 3.05) is 13.6 Å². The largest absolute Gasteiger partial charge is 0.331 e. The molecule has 0 spiro atoms. The fourth-order valence-corrected chi connectivity index (χ4v) is 3.43. The molecule has 1 aromatic heterocycles. The summed E-state index contributed by atoms with van der Waals surface area (Å²) in [4.78, 5) is 5.55. The van der Waals surface area contributed by atoms with Crippen LogP contribution < -0.4 is 0 Å². The third-order valence-electron chi connectivity index (χ3n) is 4.36. The van der Waals surface area contributed by atoms with Crippen LogP contribution in [0.4, 0.5) is 4.39 Å². The highest BCUT2D eigenvalue weighted by molar-refractivity contribution is 7.71. The third kappa shape index (κ3) is 2.65. The van der Waals surface area contributed by atoms with E-state index < -0.39 is 0 Å². The van der Waals surface area contributed by atoms with Crippen LogP contribution in [0.3, 0.4) is 0 Å². The quantitative estimate of drug-likeness (QED) is 0.869. The van der Waals surface area contributed by atoms with Crippen LogP contribution >= 0.6 is 12.2 Å². The minimum Gasteiger partial charge on any atom is -0.331 e. The lowest BCUT2D eigenvalue weighted by Crippen LogP contribution is -2.32. The number of fused-ring (bicyclic) bond motifs is 1. The Morgan fingerprint density at radius 3 is 2.90 bits per heavy atom. The number of H-pyrrole nitrogens is 1. The number of aromatic amines is 1. The Kier molecular flexibility index (Phi) is 3.89. The molecule has 20 heavy (non-hydrogen) atoms. The van der Waals surface area contributed by atoms with Crippen molar-refractivity contribution in [3.63, 3.8) is 0 Å². The molecule has 1 saturated carbocycles. The molecule has 0 unspecified atom stereocenters. The Labute approximate surface area is 123 Å². The minimum atomic E-state index is -0.218. The normalized spacial score (nSPS) is 16.6. The average molecular weight is 293 g/mol. The molecule has 1 N–H and O–H groups in total. The highest BCUT2D eigenvalue weighted by Gasteiger charge is 2.19. The van der Waals surface area contributed by atoms with E-state index in [4.69, 9.17) is 12.2 Å². The topological polar surface area (TPSA) is 24.0 Å². The Bertz CT molecular complexity index is 655. The second-order valence-electron chi connectivity index (χ2n) is 5.66. The Morgan fingerprint density at radius 2 is 2.15 bits per heavy atom. The molecule has 0 bridgehead atoms. The predicted octanol–water partition coefficient (Wildman–Crippen LogP) is 3.71. The second-order valence-corrected chi connectivity index (χ2v) is 6.05. The van der Waals surface area contributed by atoms with Gasteiger partial charge in [-0.05, 0) is 50.3 Å². The number of nitrogens with zero attached hydrogens (tertiary/aromatic N) is 2. The van der Waals surface area contributed by atoms with Gasteiger partial charge in [-0.2, -0.15) is 0 Å². The zero-order valence-electron chi connectivity index (χ0n) is 11.7. The number of likely N-dealkylation sites (N-methyl/N-ethyl adjacent to an activating group) is 1. The number of imidazole rings is 1. The summed E-state index contributed by atoms with van der Waals surface area (Å²) < 4.78 is 16.1. The van der Waals surface area contributed by atoms with Crippen LogP contribution in [-0.2, 0) is 6.54 Å². The summed E-state index contributed by atoms with van der Waals surface area (Å²) in [6, 6.07) is 5.46. The van der Waals surface area contributed by atoms with Crippen molar-refractivity contribution in [2.24, 2.45) is 0 Å². The highest BCUT2D eigenvalue weighted by Crippen LogP contribution is 2.22. The summed E-state index contributed by atoms with van der Waals surface area (Å²) >= 11 is 5.35. The van der Waals surface area contributed by atoms with Crippen molar-refractivity contribution >= 4 is 23.3 Å². The van der Waals surface area contributed by atoms with Crippen LogP contribution in [0.5, 0.6) is 0 Å². The number of nitrogens with one attached hydrogen (secondary N) is 1. The first-order chi connectivity index (χ1) is 9.65. The lowest BCUT2D eigenvalue weighted by atomic mass is 10.2. The van der Waals surface area contributed by atoms with E-state index in [1.807, 2.05) is 4.57 Å².